The van der Waals surface area contributed by atoms with Gasteiger partial charge in [0, 0.05) is 17.5 Å². The van der Waals surface area contributed by atoms with E-state index in [-0.39, 0.29) is 10.9 Å². The molecule has 0 atom stereocenters. The van der Waals surface area contributed by atoms with Crippen LogP contribution in [0.3, 0.4) is 0 Å². The van der Waals surface area contributed by atoms with Gasteiger partial charge in [0.25, 0.3) is 5.91 Å². The summed E-state index contributed by atoms with van der Waals surface area (Å²) in [6.07, 6.45) is 1.35. The highest BCUT2D eigenvalue weighted by molar-refractivity contribution is 7.17. The smallest absolute Gasteiger partial charge is 0.258 e. The number of halogens is 1. The number of hydrogen-bond donors (Lipinski definition) is 1. The number of methoxy groups -OCH3 is 3. The van der Waals surface area contributed by atoms with E-state index in [0.717, 1.165) is 0 Å². The Bertz CT molecular complexity index is 945. The Morgan fingerprint density at radius 2 is 1.96 bits per heavy atom. The lowest BCUT2D eigenvalue weighted by Gasteiger charge is -2.12. The molecule has 130 valence electrons. The van der Waals surface area contributed by atoms with E-state index in [2.05, 4.69) is 15.3 Å². The number of fused-ring (bicyclic) bond motifs is 1. The lowest BCUT2D eigenvalue weighted by molar-refractivity contribution is 0.102. The van der Waals surface area contributed by atoms with Crippen molar-refractivity contribution in [2.45, 2.75) is 0 Å². The number of anilines is 1. The van der Waals surface area contributed by atoms with Gasteiger partial charge in [-0.15, -0.1) is 11.3 Å². The molecule has 0 saturated heterocycles. The molecule has 2 heterocycles. The van der Waals surface area contributed by atoms with E-state index < -0.39 is 0 Å². The summed E-state index contributed by atoms with van der Waals surface area (Å²) in [7, 11) is 4.52. The van der Waals surface area contributed by atoms with Crippen LogP contribution in [0.1, 0.15) is 10.4 Å². The van der Waals surface area contributed by atoms with Gasteiger partial charge in [-0.05, 0) is 0 Å². The molecule has 1 N–H and O–H groups in total. The Morgan fingerprint density at radius 3 is 2.64 bits per heavy atom. The molecule has 0 aliphatic heterocycles. The van der Waals surface area contributed by atoms with Crippen molar-refractivity contribution in [3.05, 3.63) is 34.4 Å². The van der Waals surface area contributed by atoms with Gasteiger partial charge in [0.2, 0.25) is 5.88 Å². The molecule has 0 bridgehead atoms. The second kappa shape index (κ2) is 7.12. The predicted molar refractivity (Wildman–Crippen MR) is 96.5 cm³/mol. The molecule has 0 spiro atoms. The molecule has 1 amide bonds. The molecular weight excluding hydrogens is 366 g/mol. The highest BCUT2D eigenvalue weighted by Crippen LogP contribution is 2.37. The summed E-state index contributed by atoms with van der Waals surface area (Å²) in [4.78, 5) is 20.9. The molecule has 25 heavy (non-hydrogen) atoms. The van der Waals surface area contributed by atoms with Crippen molar-refractivity contribution < 1.29 is 19.0 Å². The first kappa shape index (κ1) is 17.2. The van der Waals surface area contributed by atoms with Crippen LogP contribution in [-0.2, 0) is 0 Å². The largest absolute Gasteiger partial charge is 0.497 e. The second-order valence-electron chi connectivity index (χ2n) is 4.86. The first-order chi connectivity index (χ1) is 12.1. The van der Waals surface area contributed by atoms with E-state index in [9.17, 15) is 4.79 Å². The van der Waals surface area contributed by atoms with Crippen molar-refractivity contribution in [3.63, 3.8) is 0 Å². The topological polar surface area (TPSA) is 82.6 Å². The van der Waals surface area contributed by atoms with Crippen LogP contribution in [0, 0.1) is 0 Å². The zero-order valence-corrected chi connectivity index (χ0v) is 15.2. The number of nitrogens with one attached hydrogen (secondary N) is 1. The maximum atomic E-state index is 12.7. The molecule has 9 heteroatoms. The lowest BCUT2D eigenvalue weighted by atomic mass is 10.2. The minimum atomic E-state index is -0.357. The van der Waals surface area contributed by atoms with Crippen LogP contribution >= 0.6 is 22.9 Å². The molecule has 0 radical (unpaired) electrons. The number of aromatic nitrogens is 2. The first-order valence-electron chi connectivity index (χ1n) is 7.08. The third kappa shape index (κ3) is 3.18. The van der Waals surface area contributed by atoms with E-state index in [0.29, 0.717) is 38.8 Å². The molecule has 0 fully saturated rings. The second-order valence-corrected chi connectivity index (χ2v) is 6.11. The predicted octanol–water partition coefficient (Wildman–Crippen LogP) is 3.62. The summed E-state index contributed by atoms with van der Waals surface area (Å²) in [6.45, 7) is 0. The van der Waals surface area contributed by atoms with Gasteiger partial charge < -0.3 is 19.5 Å². The summed E-state index contributed by atoms with van der Waals surface area (Å²) in [5.41, 5.74) is 1.29. The SMILES string of the molecule is COc1cc(NC(=O)c2csc3c(OC)ncnc23)c(Cl)c(OC)c1. The third-order valence-corrected chi connectivity index (χ3v) is 4.82. The van der Waals surface area contributed by atoms with E-state index in [1.165, 1.54) is 39.0 Å². The van der Waals surface area contributed by atoms with Crippen molar-refractivity contribution >= 4 is 44.7 Å². The third-order valence-electron chi connectivity index (χ3n) is 3.48. The van der Waals surface area contributed by atoms with Crippen LogP contribution < -0.4 is 19.5 Å². The minimum absolute atomic E-state index is 0.281. The number of nitrogens with zero attached hydrogens (tertiary/aromatic N) is 2. The Kier molecular flexibility index (Phi) is 4.91. The average Bonchev–Trinajstić information content (AvgIpc) is 3.07. The molecule has 0 unspecified atom stereocenters. The number of carbonyl (C=O) groups excluding carboxylic acids is 1. The standard InChI is InChI=1S/C16H14ClN3O4S/c1-22-8-4-10(12(17)11(5-8)23-2)20-15(21)9-6-25-14-13(9)18-7-19-16(14)24-3/h4-7H,1-3H3,(H,20,21). The molecule has 7 nitrogen and oxygen atoms in total. The number of hydrogen-bond acceptors (Lipinski definition) is 7. The summed E-state index contributed by atoms with van der Waals surface area (Å²) in [5.74, 6) is 0.977. The molecule has 1 aromatic carbocycles. The van der Waals surface area contributed by atoms with Gasteiger partial charge >= 0.3 is 0 Å². The van der Waals surface area contributed by atoms with Crippen LogP contribution in [0.2, 0.25) is 5.02 Å². The number of carbonyl (C=O) groups is 1. The van der Waals surface area contributed by atoms with Gasteiger partial charge in [0.05, 0.1) is 32.6 Å². The number of thiophene rings is 1. The van der Waals surface area contributed by atoms with Crippen molar-refractivity contribution in [3.8, 4) is 17.4 Å². The van der Waals surface area contributed by atoms with Gasteiger partial charge in [-0.2, -0.15) is 0 Å². The quantitative estimate of drug-likeness (QED) is 0.729. The zero-order valence-electron chi connectivity index (χ0n) is 13.6. The van der Waals surface area contributed by atoms with Crippen LogP contribution in [0.5, 0.6) is 17.4 Å². The summed E-state index contributed by atoms with van der Waals surface area (Å²) in [6, 6.07) is 3.25. The lowest BCUT2D eigenvalue weighted by Crippen LogP contribution is -2.12. The fraction of sp³-hybridized carbons (Fsp3) is 0.188. The highest BCUT2D eigenvalue weighted by Gasteiger charge is 2.19. The monoisotopic (exact) mass is 379 g/mol. The van der Waals surface area contributed by atoms with Crippen LogP contribution in [0.25, 0.3) is 10.2 Å². The number of rotatable bonds is 5. The van der Waals surface area contributed by atoms with Gasteiger partial charge in [-0.3, -0.25) is 4.79 Å². The maximum absolute atomic E-state index is 12.7. The van der Waals surface area contributed by atoms with Crippen LogP contribution in [-0.4, -0.2) is 37.2 Å². The molecular formula is C16H14ClN3O4S. The Morgan fingerprint density at radius 1 is 1.16 bits per heavy atom. The fourth-order valence-corrected chi connectivity index (χ4v) is 3.45. The van der Waals surface area contributed by atoms with Crippen LogP contribution in [0.4, 0.5) is 5.69 Å². The van der Waals surface area contributed by atoms with Gasteiger partial charge in [0.15, 0.2) is 0 Å². The van der Waals surface area contributed by atoms with E-state index in [1.54, 1.807) is 17.5 Å². The van der Waals surface area contributed by atoms with Gasteiger partial charge in [0.1, 0.15) is 33.1 Å². The Hall–Kier alpha value is -2.58. The van der Waals surface area contributed by atoms with E-state index in [1.807, 2.05) is 0 Å². The highest BCUT2D eigenvalue weighted by atomic mass is 35.5. The van der Waals surface area contributed by atoms with Gasteiger partial charge in [-0.1, -0.05) is 11.6 Å². The van der Waals surface area contributed by atoms with E-state index in [4.69, 9.17) is 25.8 Å². The number of amides is 1. The number of benzene rings is 1. The zero-order chi connectivity index (χ0) is 18.0. The molecule has 3 aromatic rings. The Balaban J connectivity index is 1.98. The Labute approximate surface area is 152 Å². The summed E-state index contributed by atoms with van der Waals surface area (Å²) < 4.78 is 16.3. The van der Waals surface area contributed by atoms with E-state index >= 15 is 0 Å². The first-order valence-corrected chi connectivity index (χ1v) is 8.33. The summed E-state index contributed by atoms with van der Waals surface area (Å²) in [5, 5.41) is 4.74. The molecule has 2 aromatic heterocycles. The van der Waals surface area contributed by atoms with Crippen molar-refractivity contribution in [2.75, 3.05) is 26.6 Å². The molecule has 0 saturated carbocycles. The molecule has 0 aliphatic carbocycles. The molecule has 3 rings (SSSR count). The van der Waals surface area contributed by atoms with Crippen molar-refractivity contribution in [1.29, 1.82) is 0 Å². The van der Waals surface area contributed by atoms with Gasteiger partial charge in [-0.25, -0.2) is 9.97 Å². The average molecular weight is 380 g/mol. The number of ether oxygens (including phenoxy) is 3. The molecule has 0 aliphatic rings. The van der Waals surface area contributed by atoms with Crippen molar-refractivity contribution in [2.24, 2.45) is 0 Å². The fourth-order valence-electron chi connectivity index (χ4n) is 2.26. The van der Waals surface area contributed by atoms with Crippen molar-refractivity contribution in [1.82, 2.24) is 9.97 Å². The summed E-state index contributed by atoms with van der Waals surface area (Å²) >= 11 is 7.60. The maximum Gasteiger partial charge on any atom is 0.258 e. The van der Waals surface area contributed by atoms with Crippen LogP contribution in [0.15, 0.2) is 23.8 Å². The normalized spacial score (nSPS) is 10.6. The minimum Gasteiger partial charge on any atom is -0.497 e.